The first kappa shape index (κ1) is 26.6. The van der Waals surface area contributed by atoms with Gasteiger partial charge in [0.25, 0.3) is 0 Å². The molecule has 188 valence electrons. The minimum absolute atomic E-state index is 0.0549. The number of carbonyl (C=O) groups is 3. The highest BCUT2D eigenvalue weighted by molar-refractivity contribution is 6.43. The predicted octanol–water partition coefficient (Wildman–Crippen LogP) is 5.17. The number of anilines is 1. The Labute approximate surface area is 212 Å². The highest BCUT2D eigenvalue weighted by Gasteiger charge is 2.34. The zero-order valence-corrected chi connectivity index (χ0v) is 21.8. The Morgan fingerprint density at radius 2 is 1.82 bits per heavy atom. The average Bonchev–Trinajstić information content (AvgIpc) is 3.32. The Morgan fingerprint density at radius 1 is 1.12 bits per heavy atom. The number of hydrogen-bond acceptors (Lipinski definition) is 3. The largest absolute Gasteiger partial charge is 0.337 e. The normalized spacial score (nSPS) is 19.9. The quantitative estimate of drug-likeness (QED) is 0.530. The summed E-state index contributed by atoms with van der Waals surface area (Å²) in [6, 6.07) is 3.68. The Bertz CT molecular complexity index is 889. The minimum atomic E-state index is -0.699. The van der Waals surface area contributed by atoms with E-state index in [2.05, 4.69) is 10.6 Å². The topological polar surface area (TPSA) is 81.8 Å². The van der Waals surface area contributed by atoms with Crippen LogP contribution in [-0.4, -0.2) is 59.4 Å². The maximum Gasteiger partial charge on any atom is 0.319 e. The molecule has 0 aromatic heterocycles. The van der Waals surface area contributed by atoms with Gasteiger partial charge < -0.3 is 20.4 Å². The van der Waals surface area contributed by atoms with Crippen molar-refractivity contribution in [1.29, 1.82) is 0 Å². The monoisotopic (exact) mass is 510 g/mol. The maximum atomic E-state index is 13.3. The molecule has 2 aliphatic rings. The molecule has 3 rings (SSSR count). The zero-order chi connectivity index (χ0) is 24.8. The van der Waals surface area contributed by atoms with Gasteiger partial charge in [-0.2, -0.15) is 0 Å². The van der Waals surface area contributed by atoms with E-state index in [0.29, 0.717) is 42.7 Å². The first-order valence-electron chi connectivity index (χ1n) is 12.3. The molecule has 2 atom stereocenters. The molecule has 1 saturated carbocycles. The number of piperazine rings is 1. The number of rotatable bonds is 7. The van der Waals surface area contributed by atoms with Crippen LogP contribution in [0.2, 0.25) is 10.0 Å². The van der Waals surface area contributed by atoms with Crippen LogP contribution in [0.3, 0.4) is 0 Å². The number of benzene rings is 1. The number of carbonyl (C=O) groups excluding carboxylic acids is 3. The van der Waals surface area contributed by atoms with E-state index in [4.69, 9.17) is 23.2 Å². The van der Waals surface area contributed by atoms with Crippen LogP contribution in [0, 0.1) is 11.8 Å². The fourth-order valence-corrected chi connectivity index (χ4v) is 5.26. The number of nitrogens with one attached hydrogen (secondary N) is 2. The van der Waals surface area contributed by atoms with Gasteiger partial charge in [0.15, 0.2) is 0 Å². The number of nitrogens with zero attached hydrogens (tertiary/aromatic N) is 2. The molecule has 0 bridgehead atoms. The van der Waals surface area contributed by atoms with Crippen molar-refractivity contribution in [3.05, 3.63) is 28.2 Å². The van der Waals surface area contributed by atoms with Gasteiger partial charge in [-0.3, -0.25) is 9.59 Å². The molecule has 4 amide bonds. The second-order valence-corrected chi connectivity index (χ2v) is 10.6. The lowest BCUT2D eigenvalue weighted by Crippen LogP contribution is -2.60. The van der Waals surface area contributed by atoms with Crippen LogP contribution in [0.5, 0.6) is 0 Å². The smallest absolute Gasteiger partial charge is 0.319 e. The van der Waals surface area contributed by atoms with Crippen molar-refractivity contribution in [2.75, 3.05) is 25.0 Å². The molecule has 1 saturated heterocycles. The van der Waals surface area contributed by atoms with Gasteiger partial charge in [-0.25, -0.2) is 4.79 Å². The van der Waals surface area contributed by atoms with E-state index in [9.17, 15) is 14.4 Å². The lowest BCUT2D eigenvalue weighted by atomic mass is 10.00. The van der Waals surface area contributed by atoms with Crippen molar-refractivity contribution in [3.8, 4) is 0 Å². The van der Waals surface area contributed by atoms with Crippen molar-refractivity contribution < 1.29 is 14.4 Å². The Kier molecular flexibility index (Phi) is 9.48. The summed E-state index contributed by atoms with van der Waals surface area (Å²) in [6.45, 7) is 7.21. The third-order valence-electron chi connectivity index (χ3n) is 6.92. The third kappa shape index (κ3) is 6.79. The van der Waals surface area contributed by atoms with Crippen molar-refractivity contribution in [2.45, 2.75) is 71.4 Å². The fourth-order valence-electron chi connectivity index (χ4n) is 4.91. The predicted molar refractivity (Wildman–Crippen MR) is 136 cm³/mol. The second kappa shape index (κ2) is 12.1. The summed E-state index contributed by atoms with van der Waals surface area (Å²) in [5.74, 6) is 0.609. The minimum Gasteiger partial charge on any atom is -0.337 e. The standard InChI is InChI=1S/C25H36Cl2N4O3/c1-16(2)23(29-25(34)28-20-10-6-9-19(26)22(20)27)24(33)30-13-14-31(17(3)15-30)21(32)12-11-18-7-4-5-8-18/h6,9-10,16-18,23H,4-5,7-8,11-15H2,1-3H3,(H2,28,29,34). The molecule has 0 spiro atoms. The number of hydrogen-bond donors (Lipinski definition) is 2. The van der Waals surface area contributed by atoms with Crippen molar-refractivity contribution in [2.24, 2.45) is 11.8 Å². The molecule has 34 heavy (non-hydrogen) atoms. The summed E-state index contributed by atoms with van der Waals surface area (Å²) >= 11 is 12.2. The summed E-state index contributed by atoms with van der Waals surface area (Å²) in [5.41, 5.74) is 0.375. The summed E-state index contributed by atoms with van der Waals surface area (Å²) < 4.78 is 0. The van der Waals surface area contributed by atoms with Crippen LogP contribution in [0.25, 0.3) is 0 Å². The Hall–Kier alpha value is -1.99. The fraction of sp³-hybridized carbons (Fsp3) is 0.640. The Morgan fingerprint density at radius 3 is 2.47 bits per heavy atom. The van der Waals surface area contributed by atoms with Crippen molar-refractivity contribution in [3.63, 3.8) is 0 Å². The van der Waals surface area contributed by atoms with E-state index < -0.39 is 12.1 Å². The van der Waals surface area contributed by atoms with E-state index in [-0.39, 0.29) is 28.8 Å². The molecule has 2 N–H and O–H groups in total. The van der Waals surface area contributed by atoms with Gasteiger partial charge in [-0.15, -0.1) is 0 Å². The van der Waals surface area contributed by atoms with Crippen LogP contribution >= 0.6 is 23.2 Å². The number of amides is 4. The van der Waals surface area contributed by atoms with E-state index in [1.54, 1.807) is 23.1 Å². The van der Waals surface area contributed by atoms with E-state index in [1.807, 2.05) is 25.7 Å². The average molecular weight is 511 g/mol. The summed E-state index contributed by atoms with van der Waals surface area (Å²) in [4.78, 5) is 42.4. The van der Waals surface area contributed by atoms with Crippen LogP contribution in [0.1, 0.15) is 59.3 Å². The van der Waals surface area contributed by atoms with Gasteiger partial charge in [0.1, 0.15) is 6.04 Å². The van der Waals surface area contributed by atoms with Crippen LogP contribution in [0.15, 0.2) is 18.2 Å². The van der Waals surface area contributed by atoms with Gasteiger partial charge >= 0.3 is 6.03 Å². The maximum absolute atomic E-state index is 13.3. The molecule has 1 aliphatic heterocycles. The highest BCUT2D eigenvalue weighted by atomic mass is 35.5. The Balaban J connectivity index is 1.54. The van der Waals surface area contributed by atoms with Crippen LogP contribution in [-0.2, 0) is 9.59 Å². The van der Waals surface area contributed by atoms with Gasteiger partial charge in [-0.05, 0) is 37.3 Å². The summed E-state index contributed by atoms with van der Waals surface area (Å²) in [7, 11) is 0. The third-order valence-corrected chi connectivity index (χ3v) is 7.74. The van der Waals surface area contributed by atoms with Crippen LogP contribution < -0.4 is 10.6 Å². The van der Waals surface area contributed by atoms with Gasteiger partial charge in [-0.1, -0.05) is 68.8 Å². The first-order chi connectivity index (χ1) is 16.2. The molecule has 7 nitrogen and oxygen atoms in total. The van der Waals surface area contributed by atoms with Gasteiger partial charge in [0, 0.05) is 32.1 Å². The molecule has 2 unspecified atom stereocenters. The van der Waals surface area contributed by atoms with E-state index >= 15 is 0 Å². The number of halogens is 2. The summed E-state index contributed by atoms with van der Waals surface area (Å²) in [6.07, 6.45) is 6.61. The van der Waals surface area contributed by atoms with E-state index in [0.717, 1.165) is 6.42 Å². The second-order valence-electron chi connectivity index (χ2n) is 9.83. The van der Waals surface area contributed by atoms with Gasteiger partial charge in [0.05, 0.1) is 15.7 Å². The summed E-state index contributed by atoms with van der Waals surface area (Å²) in [5, 5.41) is 6.04. The molecule has 1 aromatic rings. The van der Waals surface area contributed by atoms with Gasteiger partial charge in [0.2, 0.25) is 11.8 Å². The first-order valence-corrected chi connectivity index (χ1v) is 13.0. The molecular weight excluding hydrogens is 475 g/mol. The zero-order valence-electron chi connectivity index (χ0n) is 20.3. The van der Waals surface area contributed by atoms with Crippen LogP contribution in [0.4, 0.5) is 10.5 Å². The molecule has 1 heterocycles. The molecular formula is C25H36Cl2N4O3. The molecule has 1 aromatic carbocycles. The molecule has 0 radical (unpaired) electrons. The molecule has 2 fully saturated rings. The molecule has 9 heteroatoms. The molecule has 1 aliphatic carbocycles. The highest BCUT2D eigenvalue weighted by Crippen LogP contribution is 2.30. The van der Waals surface area contributed by atoms with Crippen molar-refractivity contribution >= 4 is 46.7 Å². The number of urea groups is 1. The lowest BCUT2D eigenvalue weighted by Gasteiger charge is -2.41. The van der Waals surface area contributed by atoms with Crippen molar-refractivity contribution in [1.82, 2.24) is 15.1 Å². The lowest BCUT2D eigenvalue weighted by molar-refractivity contribution is -0.144. The SMILES string of the molecule is CC(C)C(NC(=O)Nc1cccc(Cl)c1Cl)C(=O)N1CCN(C(=O)CCC2CCCC2)C(C)C1. The van der Waals surface area contributed by atoms with E-state index in [1.165, 1.54) is 25.7 Å².